The third kappa shape index (κ3) is 8.18. The van der Waals surface area contributed by atoms with Gasteiger partial charge in [-0.15, -0.1) is 0 Å². The van der Waals surface area contributed by atoms with Crippen LogP contribution in [0, 0.1) is 0 Å². The molecule has 0 unspecified atom stereocenters. The Morgan fingerprint density at radius 3 is 2.25 bits per heavy atom. The maximum absolute atomic E-state index is 10.8. The fourth-order valence-corrected chi connectivity index (χ4v) is 0.623. The number of allylic oxidation sites excluding steroid dienone is 1. The number of carbonyl (C=O) groups excluding carboxylic acids is 1. The van der Waals surface area contributed by atoms with E-state index >= 15 is 0 Å². The molecule has 0 aromatic carbocycles. The quantitative estimate of drug-likeness (QED) is 0.415. The van der Waals surface area contributed by atoms with Crippen LogP contribution in [0.3, 0.4) is 0 Å². The summed E-state index contributed by atoms with van der Waals surface area (Å²) in [5, 5.41) is 0. The van der Waals surface area contributed by atoms with Crippen LogP contribution in [0.4, 0.5) is 0 Å². The van der Waals surface area contributed by atoms with Gasteiger partial charge < -0.3 is 4.74 Å². The molecule has 0 N–H and O–H groups in total. The summed E-state index contributed by atoms with van der Waals surface area (Å²) in [5.41, 5.74) is 0. The van der Waals surface area contributed by atoms with Gasteiger partial charge in [0.1, 0.15) is 0 Å². The molecule has 70 valence electrons. The Labute approximate surface area is 86.4 Å². The topological polar surface area (TPSA) is 26.3 Å². The van der Waals surface area contributed by atoms with E-state index in [2.05, 4.69) is 0 Å². The van der Waals surface area contributed by atoms with Crippen molar-refractivity contribution >= 4 is 40.8 Å². The van der Waals surface area contributed by atoms with Crippen LogP contribution in [-0.2, 0) is 9.53 Å². The number of rotatable bonds is 2. The van der Waals surface area contributed by atoms with Crippen LogP contribution in [0.5, 0.6) is 0 Å². The number of ether oxygens (including phenoxy) is 1. The van der Waals surface area contributed by atoms with Crippen LogP contribution >= 0.6 is 34.8 Å². The summed E-state index contributed by atoms with van der Waals surface area (Å²) in [4.78, 5) is 10.8. The van der Waals surface area contributed by atoms with Crippen molar-refractivity contribution in [3.8, 4) is 0 Å². The second kappa shape index (κ2) is 4.95. The maximum Gasteiger partial charge on any atom is 0.330 e. The minimum Gasteiger partial charge on any atom is -0.460 e. The Kier molecular flexibility index (Phi) is 4.98. The molecule has 2 nitrogen and oxygen atoms in total. The van der Waals surface area contributed by atoms with Crippen LogP contribution < -0.4 is 0 Å². The highest BCUT2D eigenvalue weighted by molar-refractivity contribution is 6.69. The lowest BCUT2D eigenvalue weighted by atomic mass is 10.4. The molecule has 0 saturated heterocycles. The van der Waals surface area contributed by atoms with Crippen LogP contribution in [0.25, 0.3) is 0 Å². The number of alkyl halides is 3. The van der Waals surface area contributed by atoms with Crippen molar-refractivity contribution < 1.29 is 9.53 Å². The van der Waals surface area contributed by atoms with Gasteiger partial charge >= 0.3 is 5.97 Å². The molecular weight excluding hydrogens is 222 g/mol. The lowest BCUT2D eigenvalue weighted by Gasteiger charge is -2.05. The van der Waals surface area contributed by atoms with E-state index in [0.29, 0.717) is 0 Å². The van der Waals surface area contributed by atoms with E-state index in [4.69, 9.17) is 39.5 Å². The van der Waals surface area contributed by atoms with Gasteiger partial charge in [0.15, 0.2) is 0 Å². The third-order valence-electron chi connectivity index (χ3n) is 0.760. The SMILES string of the molecule is CC(C)OC(=O)/C=C/C(Cl)(Cl)Cl. The molecule has 0 aliphatic heterocycles. The zero-order valence-corrected chi connectivity index (χ0v) is 8.95. The molecule has 0 aliphatic carbocycles. The number of carbonyl (C=O) groups is 1. The minimum atomic E-state index is -1.55. The third-order valence-corrected chi connectivity index (χ3v) is 1.14. The minimum absolute atomic E-state index is 0.169. The van der Waals surface area contributed by atoms with Crippen LogP contribution in [0.2, 0.25) is 0 Å². The predicted octanol–water partition coefficient (Wildman–Crippen LogP) is 2.86. The van der Waals surface area contributed by atoms with Gasteiger partial charge in [-0.2, -0.15) is 0 Å². The normalized spacial score (nSPS) is 12.5. The lowest BCUT2D eigenvalue weighted by molar-refractivity contribution is -0.141. The molecule has 0 aromatic heterocycles. The van der Waals surface area contributed by atoms with Crippen LogP contribution in [-0.4, -0.2) is 15.9 Å². The fourth-order valence-electron chi connectivity index (χ4n) is 0.434. The molecule has 0 rings (SSSR count). The molecule has 0 amide bonds. The lowest BCUT2D eigenvalue weighted by Crippen LogP contribution is -2.09. The first-order chi connectivity index (χ1) is 5.31. The highest BCUT2D eigenvalue weighted by Gasteiger charge is 2.15. The first kappa shape index (κ1) is 12.1. The summed E-state index contributed by atoms with van der Waals surface area (Å²) >= 11 is 16.1. The average molecular weight is 232 g/mol. The molecule has 0 aliphatic rings. The predicted molar refractivity (Wildman–Crippen MR) is 50.7 cm³/mol. The zero-order valence-electron chi connectivity index (χ0n) is 6.68. The number of halogens is 3. The fraction of sp³-hybridized carbons (Fsp3) is 0.571. The number of hydrogen-bond acceptors (Lipinski definition) is 2. The second-order valence-electron chi connectivity index (χ2n) is 2.36. The van der Waals surface area contributed by atoms with E-state index in [9.17, 15) is 4.79 Å². The van der Waals surface area contributed by atoms with E-state index in [1.165, 1.54) is 0 Å². The summed E-state index contributed by atoms with van der Waals surface area (Å²) in [6, 6.07) is 0. The van der Waals surface area contributed by atoms with Gasteiger partial charge in [0.2, 0.25) is 3.79 Å². The summed E-state index contributed by atoms with van der Waals surface area (Å²) in [7, 11) is 0. The maximum atomic E-state index is 10.8. The summed E-state index contributed by atoms with van der Waals surface area (Å²) in [5.74, 6) is -0.517. The summed E-state index contributed by atoms with van der Waals surface area (Å²) in [6.07, 6.45) is 2.06. The molecule has 0 atom stereocenters. The van der Waals surface area contributed by atoms with E-state index < -0.39 is 9.76 Å². The Morgan fingerprint density at radius 1 is 1.42 bits per heavy atom. The first-order valence-corrected chi connectivity index (χ1v) is 4.41. The standard InChI is InChI=1S/C7H9Cl3O2/c1-5(2)12-6(11)3-4-7(8,9)10/h3-5H,1-2H3/b4-3+. The van der Waals surface area contributed by atoms with Gasteiger partial charge in [-0.1, -0.05) is 34.8 Å². The zero-order chi connectivity index (χ0) is 9.78. The van der Waals surface area contributed by atoms with Gasteiger partial charge in [-0.25, -0.2) is 4.79 Å². The van der Waals surface area contributed by atoms with Gasteiger partial charge in [-0.3, -0.25) is 0 Å². The Bertz CT molecular complexity index is 182. The smallest absolute Gasteiger partial charge is 0.330 e. The number of hydrogen-bond donors (Lipinski definition) is 0. The molecule has 0 aromatic rings. The summed E-state index contributed by atoms with van der Waals surface area (Å²) < 4.78 is 3.20. The monoisotopic (exact) mass is 230 g/mol. The highest BCUT2D eigenvalue weighted by atomic mass is 35.6. The molecule has 0 bridgehead atoms. The molecule has 5 heteroatoms. The molecular formula is C7H9Cl3O2. The van der Waals surface area contributed by atoms with Gasteiger partial charge in [-0.05, 0) is 19.9 Å². The van der Waals surface area contributed by atoms with Crippen molar-refractivity contribution in [3.05, 3.63) is 12.2 Å². The van der Waals surface area contributed by atoms with E-state index in [1.807, 2.05) is 0 Å². The molecule has 0 fully saturated rings. The Morgan fingerprint density at radius 2 is 1.92 bits per heavy atom. The van der Waals surface area contributed by atoms with E-state index in [1.54, 1.807) is 13.8 Å². The van der Waals surface area contributed by atoms with Gasteiger partial charge in [0.05, 0.1) is 6.10 Å². The molecule has 0 spiro atoms. The van der Waals surface area contributed by atoms with Crippen molar-refractivity contribution in [2.24, 2.45) is 0 Å². The van der Waals surface area contributed by atoms with Crippen molar-refractivity contribution in [2.75, 3.05) is 0 Å². The summed E-state index contributed by atoms with van der Waals surface area (Å²) in [6.45, 7) is 3.47. The van der Waals surface area contributed by atoms with Crippen molar-refractivity contribution in [1.82, 2.24) is 0 Å². The van der Waals surface area contributed by atoms with Crippen molar-refractivity contribution in [1.29, 1.82) is 0 Å². The highest BCUT2D eigenvalue weighted by Crippen LogP contribution is 2.27. The number of esters is 1. The Balaban J connectivity index is 3.93. The van der Waals surface area contributed by atoms with Crippen LogP contribution in [0.1, 0.15) is 13.8 Å². The molecule has 0 saturated carbocycles. The molecule has 0 heterocycles. The van der Waals surface area contributed by atoms with Gasteiger partial charge in [0, 0.05) is 6.08 Å². The van der Waals surface area contributed by atoms with E-state index in [-0.39, 0.29) is 6.10 Å². The van der Waals surface area contributed by atoms with Crippen LogP contribution in [0.15, 0.2) is 12.2 Å². The van der Waals surface area contributed by atoms with E-state index in [0.717, 1.165) is 12.2 Å². The molecule has 12 heavy (non-hydrogen) atoms. The first-order valence-electron chi connectivity index (χ1n) is 3.28. The Hall–Kier alpha value is 0.0800. The average Bonchev–Trinajstić information content (AvgIpc) is 1.80. The van der Waals surface area contributed by atoms with Gasteiger partial charge in [0.25, 0.3) is 0 Å². The molecule has 0 radical (unpaired) electrons. The second-order valence-corrected chi connectivity index (χ2v) is 4.73. The van der Waals surface area contributed by atoms with Crippen molar-refractivity contribution in [2.45, 2.75) is 23.7 Å². The largest absolute Gasteiger partial charge is 0.460 e. The van der Waals surface area contributed by atoms with Crippen molar-refractivity contribution in [3.63, 3.8) is 0 Å².